The molecule has 1 aromatic carbocycles. The summed E-state index contributed by atoms with van der Waals surface area (Å²) in [5, 5.41) is 10.5. The first kappa shape index (κ1) is 18.7. The summed E-state index contributed by atoms with van der Waals surface area (Å²) < 4.78 is 10.4. The Labute approximate surface area is 144 Å². The van der Waals surface area contributed by atoms with Gasteiger partial charge >= 0.3 is 5.97 Å². The molecule has 0 saturated heterocycles. The molecular weight excluding hydrogens is 304 g/mol. The monoisotopic (exact) mass is 332 g/mol. The van der Waals surface area contributed by atoms with E-state index in [9.17, 15) is 9.90 Å². The number of esters is 1. The van der Waals surface area contributed by atoms with Crippen LogP contribution in [0.4, 0.5) is 0 Å². The number of aliphatic hydroxyl groups excluding tert-OH is 1. The van der Waals surface area contributed by atoms with E-state index in [4.69, 9.17) is 9.47 Å². The number of carbonyl (C=O) groups excluding carboxylic acids is 1. The van der Waals surface area contributed by atoms with E-state index in [1.165, 1.54) is 7.11 Å². The predicted molar refractivity (Wildman–Crippen MR) is 93.3 cm³/mol. The zero-order chi connectivity index (χ0) is 17.4. The van der Waals surface area contributed by atoms with Crippen molar-refractivity contribution < 1.29 is 19.4 Å². The lowest BCUT2D eigenvalue weighted by molar-refractivity contribution is -0.144. The summed E-state index contributed by atoms with van der Waals surface area (Å²) in [6.45, 7) is 3.29. The van der Waals surface area contributed by atoms with Gasteiger partial charge in [0.1, 0.15) is 0 Å². The first-order valence-corrected chi connectivity index (χ1v) is 8.62. The minimum Gasteiger partial charge on any atom is -0.469 e. The Morgan fingerprint density at radius 1 is 1.38 bits per heavy atom. The van der Waals surface area contributed by atoms with Gasteiger partial charge in [-0.1, -0.05) is 49.4 Å². The summed E-state index contributed by atoms with van der Waals surface area (Å²) in [6.07, 6.45) is 6.46. The van der Waals surface area contributed by atoms with Crippen LogP contribution in [0.1, 0.15) is 38.2 Å². The second-order valence-corrected chi connectivity index (χ2v) is 6.73. The SMILES string of the molecule is COC(=O)[C@H]1C=C[C@@](C)([C@@H](O)CCCOCc2ccccc2)CC1. The largest absolute Gasteiger partial charge is 0.469 e. The molecule has 3 atom stereocenters. The topological polar surface area (TPSA) is 55.8 Å². The van der Waals surface area contributed by atoms with Crippen LogP contribution in [-0.4, -0.2) is 30.9 Å². The molecule has 0 aromatic heterocycles. The van der Waals surface area contributed by atoms with E-state index >= 15 is 0 Å². The molecule has 2 rings (SSSR count). The molecule has 0 bridgehead atoms. The maximum absolute atomic E-state index is 11.6. The Kier molecular flexibility index (Phi) is 7.00. The van der Waals surface area contributed by atoms with Crippen LogP contribution in [0.25, 0.3) is 0 Å². The number of ether oxygens (including phenoxy) is 2. The third-order valence-electron chi connectivity index (χ3n) is 4.85. The summed E-state index contributed by atoms with van der Waals surface area (Å²) in [4.78, 5) is 11.6. The van der Waals surface area contributed by atoms with Gasteiger partial charge in [0.2, 0.25) is 0 Å². The lowest BCUT2D eigenvalue weighted by Gasteiger charge is -2.35. The Morgan fingerprint density at radius 2 is 2.12 bits per heavy atom. The van der Waals surface area contributed by atoms with Crippen LogP contribution in [0.5, 0.6) is 0 Å². The summed E-state index contributed by atoms with van der Waals surface area (Å²) in [7, 11) is 1.41. The zero-order valence-corrected chi connectivity index (χ0v) is 14.6. The molecule has 132 valence electrons. The number of methoxy groups -OCH3 is 1. The fourth-order valence-electron chi connectivity index (χ4n) is 3.08. The molecule has 24 heavy (non-hydrogen) atoms. The molecule has 0 spiro atoms. The van der Waals surface area contributed by atoms with E-state index in [1.54, 1.807) is 0 Å². The molecule has 4 nitrogen and oxygen atoms in total. The molecule has 0 radical (unpaired) electrons. The Balaban J connectivity index is 1.70. The second kappa shape index (κ2) is 9.00. The minimum atomic E-state index is -0.423. The smallest absolute Gasteiger partial charge is 0.312 e. The molecule has 0 fully saturated rings. The molecule has 0 unspecified atom stereocenters. The maximum Gasteiger partial charge on any atom is 0.312 e. The third kappa shape index (κ3) is 5.18. The van der Waals surface area contributed by atoms with Gasteiger partial charge in [-0.05, 0) is 31.2 Å². The minimum absolute atomic E-state index is 0.176. The fraction of sp³-hybridized carbons (Fsp3) is 0.550. The van der Waals surface area contributed by atoms with Crippen molar-refractivity contribution in [2.24, 2.45) is 11.3 Å². The number of hydrogen-bond acceptors (Lipinski definition) is 4. The highest BCUT2D eigenvalue weighted by molar-refractivity contribution is 5.74. The van der Waals surface area contributed by atoms with Crippen molar-refractivity contribution in [3.63, 3.8) is 0 Å². The van der Waals surface area contributed by atoms with Gasteiger partial charge in [0, 0.05) is 12.0 Å². The molecule has 0 heterocycles. The van der Waals surface area contributed by atoms with Crippen LogP contribution in [0.3, 0.4) is 0 Å². The Bertz CT molecular complexity index is 540. The van der Waals surface area contributed by atoms with Crippen molar-refractivity contribution in [1.82, 2.24) is 0 Å². The van der Waals surface area contributed by atoms with Gasteiger partial charge in [0.25, 0.3) is 0 Å². The van der Waals surface area contributed by atoms with Gasteiger partial charge in [0.05, 0.1) is 25.7 Å². The van der Waals surface area contributed by atoms with Gasteiger partial charge in [-0.15, -0.1) is 0 Å². The summed E-state index contributed by atoms with van der Waals surface area (Å²) in [5.41, 5.74) is 0.887. The van der Waals surface area contributed by atoms with Gasteiger partial charge in [-0.25, -0.2) is 0 Å². The van der Waals surface area contributed by atoms with E-state index < -0.39 is 6.10 Å². The molecule has 1 aromatic rings. The standard InChI is InChI=1S/C20H28O4/c1-20(12-10-17(11-13-20)19(22)23-2)18(21)9-6-14-24-15-16-7-4-3-5-8-16/h3-5,7-8,10,12,17-18,21H,6,9,11,13-15H2,1-2H3/t17-,18-,20+/m0/s1. The molecular formula is C20H28O4. The van der Waals surface area contributed by atoms with Crippen molar-refractivity contribution in [3.8, 4) is 0 Å². The van der Waals surface area contributed by atoms with Crippen LogP contribution in [0, 0.1) is 11.3 Å². The Morgan fingerprint density at radius 3 is 2.75 bits per heavy atom. The summed E-state index contributed by atoms with van der Waals surface area (Å²) in [5.74, 6) is -0.374. The van der Waals surface area contributed by atoms with Crippen LogP contribution < -0.4 is 0 Å². The van der Waals surface area contributed by atoms with Crippen molar-refractivity contribution in [3.05, 3.63) is 48.0 Å². The second-order valence-electron chi connectivity index (χ2n) is 6.73. The first-order valence-electron chi connectivity index (χ1n) is 8.62. The lowest BCUT2D eigenvalue weighted by Crippen LogP contribution is -2.34. The maximum atomic E-state index is 11.6. The predicted octanol–water partition coefficient (Wildman–Crippen LogP) is 3.49. The van der Waals surface area contributed by atoms with Crippen molar-refractivity contribution in [2.75, 3.05) is 13.7 Å². The zero-order valence-electron chi connectivity index (χ0n) is 14.6. The van der Waals surface area contributed by atoms with Gasteiger partial charge in [-0.2, -0.15) is 0 Å². The highest BCUT2D eigenvalue weighted by atomic mass is 16.5. The van der Waals surface area contributed by atoms with E-state index in [0.717, 1.165) is 24.8 Å². The first-order chi connectivity index (χ1) is 11.5. The normalized spacial score (nSPS) is 24.5. The number of hydrogen-bond donors (Lipinski definition) is 1. The molecule has 1 aliphatic rings. The quantitative estimate of drug-likeness (QED) is 0.450. The van der Waals surface area contributed by atoms with Crippen molar-refractivity contribution >= 4 is 5.97 Å². The third-order valence-corrected chi connectivity index (χ3v) is 4.85. The molecule has 1 N–H and O–H groups in total. The van der Waals surface area contributed by atoms with Crippen molar-refractivity contribution in [2.45, 2.75) is 45.3 Å². The van der Waals surface area contributed by atoms with Crippen LogP contribution in [0.15, 0.2) is 42.5 Å². The molecule has 0 amide bonds. The average molecular weight is 332 g/mol. The van der Waals surface area contributed by atoms with E-state index in [2.05, 4.69) is 0 Å². The fourth-order valence-corrected chi connectivity index (χ4v) is 3.08. The molecule has 0 aliphatic heterocycles. The lowest BCUT2D eigenvalue weighted by atomic mass is 9.72. The summed E-state index contributed by atoms with van der Waals surface area (Å²) >= 11 is 0. The highest BCUT2D eigenvalue weighted by Crippen LogP contribution is 2.38. The molecule has 1 aliphatic carbocycles. The van der Waals surface area contributed by atoms with Gasteiger partial charge in [0.15, 0.2) is 0 Å². The molecule has 0 saturated carbocycles. The van der Waals surface area contributed by atoms with E-state index in [0.29, 0.717) is 19.6 Å². The van der Waals surface area contributed by atoms with E-state index in [1.807, 2.05) is 49.4 Å². The number of aliphatic hydroxyl groups is 1. The van der Waals surface area contributed by atoms with E-state index in [-0.39, 0.29) is 17.3 Å². The summed E-state index contributed by atoms with van der Waals surface area (Å²) in [6, 6.07) is 10.1. The van der Waals surface area contributed by atoms with Crippen LogP contribution in [-0.2, 0) is 20.9 Å². The number of benzene rings is 1. The Hall–Kier alpha value is -1.65. The number of rotatable bonds is 8. The number of carbonyl (C=O) groups is 1. The average Bonchev–Trinajstić information content (AvgIpc) is 2.62. The van der Waals surface area contributed by atoms with Gasteiger partial charge in [-0.3, -0.25) is 4.79 Å². The van der Waals surface area contributed by atoms with Crippen LogP contribution >= 0.6 is 0 Å². The van der Waals surface area contributed by atoms with Crippen molar-refractivity contribution in [1.29, 1.82) is 0 Å². The van der Waals surface area contributed by atoms with Gasteiger partial charge < -0.3 is 14.6 Å². The molecule has 4 heteroatoms. The van der Waals surface area contributed by atoms with Crippen LogP contribution in [0.2, 0.25) is 0 Å². The highest BCUT2D eigenvalue weighted by Gasteiger charge is 2.35.